The zero-order valence-electron chi connectivity index (χ0n) is 10.7. The van der Waals surface area contributed by atoms with Crippen molar-refractivity contribution in [2.75, 3.05) is 13.1 Å². The van der Waals surface area contributed by atoms with Crippen LogP contribution in [-0.2, 0) is 11.3 Å². The molecule has 0 spiro atoms. The number of aromatic carboxylic acids is 1. The third-order valence-corrected chi connectivity index (χ3v) is 3.26. The van der Waals surface area contributed by atoms with Gasteiger partial charge in [-0.1, -0.05) is 22.0 Å². The third-order valence-electron chi connectivity index (χ3n) is 2.52. The largest absolute Gasteiger partial charge is 0.478 e. The Kier molecular flexibility index (Phi) is 6.52. The van der Waals surface area contributed by atoms with Crippen LogP contribution in [0.15, 0.2) is 22.7 Å². The first-order chi connectivity index (χ1) is 9.04. The zero-order chi connectivity index (χ0) is 14.3. The van der Waals surface area contributed by atoms with Gasteiger partial charge in [-0.25, -0.2) is 4.79 Å². The minimum atomic E-state index is -0.948. The van der Waals surface area contributed by atoms with E-state index < -0.39 is 5.97 Å². The van der Waals surface area contributed by atoms with Crippen LogP contribution in [-0.4, -0.2) is 30.1 Å². The Morgan fingerprint density at radius 1 is 1.37 bits per heavy atom. The molecule has 0 saturated carbocycles. The smallest absolute Gasteiger partial charge is 0.335 e. The second-order valence-corrected chi connectivity index (χ2v) is 4.85. The van der Waals surface area contributed by atoms with E-state index >= 15 is 0 Å². The number of halogens is 1. The molecule has 5 nitrogen and oxygen atoms in total. The van der Waals surface area contributed by atoms with Crippen molar-refractivity contribution in [1.29, 1.82) is 0 Å². The number of hydrogen-bond acceptors (Lipinski definition) is 3. The molecule has 1 aromatic rings. The zero-order valence-corrected chi connectivity index (χ0v) is 12.3. The first-order valence-corrected chi connectivity index (χ1v) is 6.83. The Hall–Kier alpha value is -1.40. The standard InChI is InChI=1S/C13H17BrN2O3/c1-2-16-12(17)5-6-15-8-10-4-3-9(13(18)19)7-11(10)14/h3-4,7,15H,2,5-6,8H2,1H3,(H,16,17)(H,18,19). The molecule has 0 radical (unpaired) electrons. The molecule has 0 saturated heterocycles. The maximum absolute atomic E-state index is 11.2. The molecule has 3 N–H and O–H groups in total. The Balaban J connectivity index is 2.41. The van der Waals surface area contributed by atoms with Crippen LogP contribution in [0.25, 0.3) is 0 Å². The van der Waals surface area contributed by atoms with Gasteiger partial charge in [0.15, 0.2) is 0 Å². The van der Waals surface area contributed by atoms with Crippen molar-refractivity contribution in [2.45, 2.75) is 19.9 Å². The van der Waals surface area contributed by atoms with Crippen molar-refractivity contribution < 1.29 is 14.7 Å². The molecular weight excluding hydrogens is 312 g/mol. The Morgan fingerprint density at radius 2 is 2.11 bits per heavy atom. The van der Waals surface area contributed by atoms with E-state index in [9.17, 15) is 9.59 Å². The van der Waals surface area contributed by atoms with E-state index in [2.05, 4.69) is 26.6 Å². The topological polar surface area (TPSA) is 78.4 Å². The highest BCUT2D eigenvalue weighted by Gasteiger charge is 2.06. The summed E-state index contributed by atoms with van der Waals surface area (Å²) in [5, 5.41) is 14.7. The van der Waals surface area contributed by atoms with Crippen LogP contribution in [0.3, 0.4) is 0 Å². The summed E-state index contributed by atoms with van der Waals surface area (Å²) in [7, 11) is 0. The van der Waals surface area contributed by atoms with Gasteiger partial charge in [-0.15, -0.1) is 0 Å². The van der Waals surface area contributed by atoms with E-state index in [4.69, 9.17) is 5.11 Å². The van der Waals surface area contributed by atoms with E-state index in [1.165, 1.54) is 0 Å². The maximum atomic E-state index is 11.2. The first-order valence-electron chi connectivity index (χ1n) is 6.03. The number of carbonyl (C=O) groups excluding carboxylic acids is 1. The van der Waals surface area contributed by atoms with Crippen LogP contribution in [0.1, 0.15) is 29.3 Å². The fraction of sp³-hybridized carbons (Fsp3) is 0.385. The molecule has 0 bridgehead atoms. The lowest BCUT2D eigenvalue weighted by atomic mass is 10.1. The summed E-state index contributed by atoms with van der Waals surface area (Å²) >= 11 is 3.34. The van der Waals surface area contributed by atoms with Gasteiger partial charge in [-0.2, -0.15) is 0 Å². The number of carboxylic acids is 1. The minimum Gasteiger partial charge on any atom is -0.478 e. The molecule has 1 rings (SSSR count). The lowest BCUT2D eigenvalue weighted by Crippen LogP contribution is -2.27. The number of rotatable bonds is 7. The van der Waals surface area contributed by atoms with Crippen molar-refractivity contribution in [3.63, 3.8) is 0 Å². The number of carbonyl (C=O) groups is 2. The first kappa shape index (κ1) is 15.7. The number of carboxylic acid groups (broad SMARTS) is 1. The minimum absolute atomic E-state index is 0.0234. The summed E-state index contributed by atoms with van der Waals surface area (Å²) in [6.45, 7) is 3.69. The normalized spacial score (nSPS) is 10.2. The van der Waals surface area contributed by atoms with Gasteiger partial charge in [-0.3, -0.25) is 4.79 Å². The summed E-state index contributed by atoms with van der Waals surface area (Å²) in [5.41, 5.74) is 1.21. The predicted molar refractivity (Wildman–Crippen MR) is 76.1 cm³/mol. The Bertz CT molecular complexity index is 463. The highest BCUT2D eigenvalue weighted by Crippen LogP contribution is 2.18. The van der Waals surface area contributed by atoms with E-state index in [-0.39, 0.29) is 11.5 Å². The molecule has 0 atom stereocenters. The van der Waals surface area contributed by atoms with Crippen molar-refractivity contribution in [3.05, 3.63) is 33.8 Å². The van der Waals surface area contributed by atoms with Crippen LogP contribution in [0.4, 0.5) is 0 Å². The van der Waals surface area contributed by atoms with E-state index in [0.717, 1.165) is 10.0 Å². The molecule has 0 aliphatic carbocycles. The monoisotopic (exact) mass is 328 g/mol. The van der Waals surface area contributed by atoms with Crippen LogP contribution in [0.2, 0.25) is 0 Å². The van der Waals surface area contributed by atoms with Gasteiger partial charge in [0.1, 0.15) is 0 Å². The molecule has 1 amide bonds. The van der Waals surface area contributed by atoms with Crippen molar-refractivity contribution in [2.24, 2.45) is 0 Å². The molecule has 0 aromatic heterocycles. The van der Waals surface area contributed by atoms with Gasteiger partial charge >= 0.3 is 5.97 Å². The molecule has 0 heterocycles. The second kappa shape index (κ2) is 7.91. The predicted octanol–water partition coefficient (Wildman–Crippen LogP) is 1.76. The van der Waals surface area contributed by atoms with E-state index in [1.54, 1.807) is 18.2 Å². The van der Waals surface area contributed by atoms with Crippen molar-refractivity contribution in [1.82, 2.24) is 10.6 Å². The Labute approximate surface area is 120 Å². The number of hydrogen-bond donors (Lipinski definition) is 3. The maximum Gasteiger partial charge on any atom is 0.335 e. The molecule has 0 fully saturated rings. The second-order valence-electron chi connectivity index (χ2n) is 3.99. The number of nitrogens with one attached hydrogen (secondary N) is 2. The van der Waals surface area contributed by atoms with Gasteiger partial charge in [0.25, 0.3) is 0 Å². The highest BCUT2D eigenvalue weighted by molar-refractivity contribution is 9.10. The van der Waals surface area contributed by atoms with Gasteiger partial charge in [0.05, 0.1) is 5.56 Å². The lowest BCUT2D eigenvalue weighted by Gasteiger charge is -2.07. The van der Waals surface area contributed by atoms with Crippen LogP contribution >= 0.6 is 15.9 Å². The fourth-order valence-electron chi connectivity index (χ4n) is 1.53. The average Bonchev–Trinajstić information content (AvgIpc) is 2.36. The van der Waals surface area contributed by atoms with Gasteiger partial charge < -0.3 is 15.7 Å². The number of benzene rings is 1. The number of amides is 1. The summed E-state index contributed by atoms with van der Waals surface area (Å²) in [5.74, 6) is -0.924. The molecular formula is C13H17BrN2O3. The summed E-state index contributed by atoms with van der Waals surface area (Å²) in [6, 6.07) is 4.89. The quantitative estimate of drug-likeness (QED) is 0.666. The van der Waals surface area contributed by atoms with Gasteiger partial charge in [-0.05, 0) is 24.6 Å². The van der Waals surface area contributed by atoms with Crippen LogP contribution in [0.5, 0.6) is 0 Å². The molecule has 1 aromatic carbocycles. The van der Waals surface area contributed by atoms with Gasteiger partial charge in [0, 0.05) is 30.5 Å². The summed E-state index contributed by atoms with van der Waals surface area (Å²) < 4.78 is 0.748. The molecule has 0 unspecified atom stereocenters. The fourth-order valence-corrected chi connectivity index (χ4v) is 2.05. The molecule has 104 valence electrons. The Morgan fingerprint density at radius 3 is 2.68 bits per heavy atom. The van der Waals surface area contributed by atoms with Crippen molar-refractivity contribution in [3.8, 4) is 0 Å². The molecule has 0 aliphatic heterocycles. The van der Waals surface area contributed by atoms with Crippen molar-refractivity contribution >= 4 is 27.8 Å². The summed E-state index contributed by atoms with van der Waals surface area (Å²) in [4.78, 5) is 22.0. The van der Waals surface area contributed by atoms with Crippen LogP contribution in [0, 0.1) is 0 Å². The molecule has 19 heavy (non-hydrogen) atoms. The van der Waals surface area contributed by atoms with E-state index in [1.807, 2.05) is 6.92 Å². The third kappa shape index (κ3) is 5.40. The highest BCUT2D eigenvalue weighted by atomic mass is 79.9. The SMILES string of the molecule is CCNC(=O)CCNCc1ccc(C(=O)O)cc1Br. The van der Waals surface area contributed by atoms with E-state index in [0.29, 0.717) is 26.1 Å². The molecule has 0 aliphatic rings. The lowest BCUT2D eigenvalue weighted by molar-refractivity contribution is -0.120. The molecule has 6 heteroatoms. The van der Waals surface area contributed by atoms with Gasteiger partial charge in [0.2, 0.25) is 5.91 Å². The summed E-state index contributed by atoms with van der Waals surface area (Å²) in [6.07, 6.45) is 0.429. The average molecular weight is 329 g/mol. The van der Waals surface area contributed by atoms with Crippen LogP contribution < -0.4 is 10.6 Å².